The highest BCUT2D eigenvalue weighted by atomic mass is 16.5. The maximum atomic E-state index is 12.8. The Morgan fingerprint density at radius 3 is 2.24 bits per heavy atom. The van der Waals surface area contributed by atoms with Gasteiger partial charge >= 0.3 is 0 Å². The Labute approximate surface area is 207 Å². The molecule has 2 aromatic heterocycles. The van der Waals surface area contributed by atoms with Gasteiger partial charge < -0.3 is 19.4 Å². The summed E-state index contributed by atoms with van der Waals surface area (Å²) in [4.78, 5) is 17.8. The summed E-state index contributed by atoms with van der Waals surface area (Å²) in [6.45, 7) is 1.12. The van der Waals surface area contributed by atoms with Crippen molar-refractivity contribution >= 4 is 85.4 Å². The van der Waals surface area contributed by atoms with E-state index in [4.69, 9.17) is 71.9 Å². The average molecular weight is 432 g/mol. The Balaban J connectivity index is 1.58. The van der Waals surface area contributed by atoms with Crippen molar-refractivity contribution in [2.45, 2.75) is 28.4 Å². The van der Waals surface area contributed by atoms with E-state index in [1.54, 1.807) is 25.3 Å². The molecular formula is C18H11B8N5O3. The van der Waals surface area contributed by atoms with Gasteiger partial charge in [-0.25, -0.2) is 4.98 Å². The van der Waals surface area contributed by atoms with E-state index >= 15 is 0 Å². The molecular weight excluding hydrogens is 421 g/mol. The van der Waals surface area contributed by atoms with Crippen LogP contribution in [-0.4, -0.2) is 117 Å². The van der Waals surface area contributed by atoms with Crippen molar-refractivity contribution in [3.8, 4) is 11.3 Å². The van der Waals surface area contributed by atoms with Crippen LogP contribution in [0.5, 0.6) is 0 Å². The number of hydrogen-bond donors (Lipinski definition) is 1. The van der Waals surface area contributed by atoms with Crippen LogP contribution >= 0.6 is 0 Å². The molecule has 16 heteroatoms. The summed E-state index contributed by atoms with van der Waals surface area (Å²) in [7, 11) is 47.4. The van der Waals surface area contributed by atoms with Gasteiger partial charge in [0.2, 0.25) is 5.91 Å². The molecule has 16 radical (unpaired) electrons. The molecule has 1 saturated heterocycles. The van der Waals surface area contributed by atoms with E-state index in [-0.39, 0.29) is 5.82 Å². The lowest BCUT2D eigenvalue weighted by Gasteiger charge is -2.69. The Morgan fingerprint density at radius 1 is 1.00 bits per heavy atom. The SMILES string of the molecule is [B]C1([B])OC([B])([B])C([B])([B])N(CC(=O)Nc2cc3cc(-c4cnc(C)o4)ccc3nn2)C1([B])[B]. The molecule has 34 heavy (non-hydrogen) atoms. The van der Waals surface area contributed by atoms with Crippen LogP contribution in [0.15, 0.2) is 34.9 Å². The van der Waals surface area contributed by atoms with E-state index in [0.717, 1.165) is 10.5 Å². The molecule has 0 atom stereocenters. The van der Waals surface area contributed by atoms with Crippen molar-refractivity contribution < 1.29 is 13.9 Å². The van der Waals surface area contributed by atoms with Gasteiger partial charge in [-0.05, 0) is 45.7 Å². The molecule has 1 aliphatic rings. The van der Waals surface area contributed by atoms with Gasteiger partial charge in [-0.2, -0.15) is 0 Å². The normalized spacial score (nSPS) is 20.6. The van der Waals surface area contributed by atoms with Gasteiger partial charge in [0, 0.05) is 17.9 Å². The lowest BCUT2D eigenvalue weighted by atomic mass is 9.30. The van der Waals surface area contributed by atoms with Gasteiger partial charge in [0.15, 0.2) is 17.5 Å². The van der Waals surface area contributed by atoms with Crippen LogP contribution in [0.3, 0.4) is 0 Å². The second-order valence-electron chi connectivity index (χ2n) is 8.22. The van der Waals surface area contributed by atoms with E-state index < -0.39 is 33.9 Å². The standard InChI is InChI=1S/C18H11B8N5O3/c1-8-27-6-12(33-8)9-2-3-11-10(4-9)5-13(30-29-11)28-14(32)7-31-15(19,20)17(23,24)34-18(25,26)16(31,21)22/h2-6H,7H2,1H3,(H,28,30,32). The number of nitrogens with one attached hydrogen (secondary N) is 1. The summed E-state index contributed by atoms with van der Waals surface area (Å²) in [5, 5.41) is 2.23. The first-order valence-electron chi connectivity index (χ1n) is 9.93. The summed E-state index contributed by atoms with van der Waals surface area (Å²) in [5.41, 5.74) is 1.35. The van der Waals surface area contributed by atoms with Gasteiger partial charge in [0.1, 0.15) is 0 Å². The summed E-state index contributed by atoms with van der Waals surface area (Å²) in [5.74, 6) is 0.542. The molecule has 0 spiro atoms. The topological polar surface area (TPSA) is 93.4 Å². The number of amides is 1. The number of anilines is 1. The highest BCUT2D eigenvalue weighted by Crippen LogP contribution is 2.39. The third-order valence-electron chi connectivity index (χ3n) is 5.54. The maximum Gasteiger partial charge on any atom is 0.239 e. The summed E-state index contributed by atoms with van der Waals surface area (Å²) in [6, 6.07) is 6.99. The summed E-state index contributed by atoms with van der Waals surface area (Å²) < 4.78 is 10.7. The molecule has 0 bridgehead atoms. The maximum absolute atomic E-state index is 12.8. The smallest absolute Gasteiger partial charge is 0.239 e. The van der Waals surface area contributed by atoms with Crippen molar-refractivity contribution in [1.29, 1.82) is 0 Å². The molecule has 150 valence electrons. The number of hydrogen-bond acceptors (Lipinski definition) is 7. The van der Waals surface area contributed by atoms with Crippen LogP contribution in [-0.2, 0) is 9.53 Å². The zero-order valence-corrected chi connectivity index (χ0v) is 18.2. The molecule has 1 fully saturated rings. The molecule has 8 nitrogen and oxygen atoms in total. The van der Waals surface area contributed by atoms with Crippen LogP contribution in [0.25, 0.3) is 22.2 Å². The number of nitrogens with zero attached hydrogens (tertiary/aromatic N) is 4. The molecule has 1 N–H and O–H groups in total. The van der Waals surface area contributed by atoms with Crippen molar-refractivity contribution in [1.82, 2.24) is 20.1 Å². The quantitative estimate of drug-likeness (QED) is 0.470. The van der Waals surface area contributed by atoms with Crippen LogP contribution in [0.2, 0.25) is 0 Å². The number of ether oxygens (including phenoxy) is 1. The lowest BCUT2D eigenvalue weighted by molar-refractivity contribution is -0.131. The van der Waals surface area contributed by atoms with Gasteiger partial charge in [0.25, 0.3) is 0 Å². The van der Waals surface area contributed by atoms with Gasteiger partial charge in [0.05, 0.1) is 81.0 Å². The fraction of sp³-hybridized carbons (Fsp3) is 0.333. The Kier molecular flexibility index (Phi) is 5.92. The summed E-state index contributed by atoms with van der Waals surface area (Å²) >= 11 is 0. The number of aromatic nitrogens is 3. The van der Waals surface area contributed by atoms with E-state index in [9.17, 15) is 4.79 Å². The van der Waals surface area contributed by atoms with Crippen molar-refractivity contribution in [2.75, 3.05) is 11.9 Å². The van der Waals surface area contributed by atoms with Crippen molar-refractivity contribution in [3.05, 3.63) is 36.4 Å². The molecule has 1 aromatic carbocycles. The van der Waals surface area contributed by atoms with E-state index in [0.29, 0.717) is 22.6 Å². The third-order valence-corrected chi connectivity index (χ3v) is 5.54. The minimum Gasteiger partial charge on any atom is -0.441 e. The number of benzene rings is 1. The van der Waals surface area contributed by atoms with E-state index in [2.05, 4.69) is 20.5 Å². The third kappa shape index (κ3) is 4.15. The second-order valence-corrected chi connectivity index (χ2v) is 8.22. The Bertz CT molecular complexity index is 1240. The number of fused-ring (bicyclic) bond motifs is 1. The highest BCUT2D eigenvalue weighted by molar-refractivity contribution is 6.59. The molecule has 1 amide bonds. The van der Waals surface area contributed by atoms with E-state index in [1.165, 1.54) is 0 Å². The summed E-state index contributed by atoms with van der Waals surface area (Å²) in [6.07, 6.45) is 1.61. The predicted molar refractivity (Wildman–Crippen MR) is 133 cm³/mol. The first kappa shape index (κ1) is 24.8. The molecule has 0 unspecified atom stereocenters. The first-order chi connectivity index (χ1) is 15.6. The number of aryl methyl sites for hydroxylation is 1. The largest absolute Gasteiger partial charge is 0.441 e. The molecule has 1 aliphatic heterocycles. The molecule has 0 aliphatic carbocycles. The van der Waals surface area contributed by atoms with Crippen LogP contribution in [0.4, 0.5) is 5.82 Å². The zero-order chi connectivity index (χ0) is 25.1. The van der Waals surface area contributed by atoms with Crippen LogP contribution in [0.1, 0.15) is 5.89 Å². The number of oxazole rings is 1. The highest BCUT2D eigenvalue weighted by Gasteiger charge is 2.57. The molecule has 3 heterocycles. The fourth-order valence-corrected chi connectivity index (χ4v) is 3.51. The fourth-order valence-electron chi connectivity index (χ4n) is 3.51. The lowest BCUT2D eigenvalue weighted by Crippen LogP contribution is -2.86. The monoisotopic (exact) mass is 433 g/mol. The van der Waals surface area contributed by atoms with E-state index in [1.807, 2.05) is 12.1 Å². The Morgan fingerprint density at radius 2 is 1.65 bits per heavy atom. The van der Waals surface area contributed by atoms with Gasteiger partial charge in [-0.15, -0.1) is 10.2 Å². The number of rotatable bonds is 4. The minimum atomic E-state index is -2.31. The van der Waals surface area contributed by atoms with Gasteiger partial charge in [-0.1, -0.05) is 0 Å². The second kappa shape index (κ2) is 8.12. The van der Waals surface area contributed by atoms with Gasteiger partial charge in [-0.3, -0.25) is 4.79 Å². The van der Waals surface area contributed by atoms with Crippen LogP contribution in [0, 0.1) is 6.92 Å². The predicted octanol–water partition coefficient (Wildman–Crippen LogP) is -2.17. The molecule has 3 aromatic rings. The molecule has 0 saturated carbocycles. The Hall–Kier alpha value is -2.32. The van der Waals surface area contributed by atoms with Crippen LogP contribution < -0.4 is 5.32 Å². The number of morpholine rings is 1. The minimum absolute atomic E-state index is 0.120. The van der Waals surface area contributed by atoms with Crippen molar-refractivity contribution in [3.63, 3.8) is 0 Å². The van der Waals surface area contributed by atoms with Crippen molar-refractivity contribution in [2.24, 2.45) is 0 Å². The first-order valence-corrected chi connectivity index (χ1v) is 9.93. The molecule has 4 rings (SSSR count). The number of carbonyl (C=O) groups excluding carboxylic acids is 1. The zero-order valence-electron chi connectivity index (χ0n) is 18.2. The average Bonchev–Trinajstić information content (AvgIpc) is 3.16. The number of carbonyl (C=O) groups is 1.